The maximum atomic E-state index is 10.3. The maximum Gasteiger partial charge on any atom is 0.167 e. The quantitative estimate of drug-likeness (QED) is 0.495. The van der Waals surface area contributed by atoms with Crippen LogP contribution >= 0.6 is 0 Å². The number of aliphatic hydroxyl groups excluding tert-OH is 3. The van der Waals surface area contributed by atoms with E-state index in [1.165, 1.54) is 12.7 Å². The van der Waals surface area contributed by atoms with Crippen LogP contribution in [0.15, 0.2) is 43.0 Å². The Labute approximate surface area is 161 Å². The lowest BCUT2D eigenvalue weighted by atomic mass is 10.0. The first kappa shape index (κ1) is 18.8. The van der Waals surface area contributed by atoms with Crippen molar-refractivity contribution in [1.29, 1.82) is 0 Å². The summed E-state index contributed by atoms with van der Waals surface area (Å²) in [6.45, 7) is 1.69. The van der Waals surface area contributed by atoms with Gasteiger partial charge in [-0.25, -0.2) is 15.0 Å². The first-order valence-electron chi connectivity index (χ1n) is 9.25. The van der Waals surface area contributed by atoms with Crippen LogP contribution < -0.4 is 5.32 Å². The summed E-state index contributed by atoms with van der Waals surface area (Å²) in [4.78, 5) is 13.0. The molecule has 1 aromatic carbocycles. The predicted octanol–water partition coefficient (Wildman–Crippen LogP) is 1.00. The fourth-order valence-corrected chi connectivity index (χ4v) is 3.53. The van der Waals surface area contributed by atoms with Gasteiger partial charge < -0.3 is 25.4 Å². The van der Waals surface area contributed by atoms with Crippen molar-refractivity contribution in [3.05, 3.63) is 48.5 Å². The smallest absolute Gasteiger partial charge is 0.167 e. The van der Waals surface area contributed by atoms with Gasteiger partial charge in [-0.2, -0.15) is 0 Å². The van der Waals surface area contributed by atoms with Crippen molar-refractivity contribution in [2.45, 2.75) is 43.9 Å². The van der Waals surface area contributed by atoms with E-state index in [9.17, 15) is 15.3 Å². The van der Waals surface area contributed by atoms with Crippen LogP contribution in [0.5, 0.6) is 0 Å². The number of nitrogens with zero attached hydrogens (tertiary/aromatic N) is 4. The van der Waals surface area contributed by atoms with E-state index in [0.717, 1.165) is 12.0 Å². The zero-order valence-electron chi connectivity index (χ0n) is 15.4. The number of benzene rings is 1. The van der Waals surface area contributed by atoms with Gasteiger partial charge >= 0.3 is 0 Å². The molecule has 0 spiro atoms. The first-order chi connectivity index (χ1) is 13.6. The molecule has 28 heavy (non-hydrogen) atoms. The van der Waals surface area contributed by atoms with Gasteiger partial charge in [0, 0.05) is 0 Å². The molecule has 4 N–H and O–H groups in total. The minimum Gasteiger partial charge on any atom is -0.394 e. The third-order valence-electron chi connectivity index (χ3n) is 5.07. The number of rotatable bonds is 6. The maximum absolute atomic E-state index is 10.3. The SMILES string of the molecule is CC[C@@H](Nc1ncnc2c1ncn2[C@@H]1O[C@H](CO)C(O)C1O)c1ccccc1. The summed E-state index contributed by atoms with van der Waals surface area (Å²) < 4.78 is 7.14. The van der Waals surface area contributed by atoms with Crippen LogP contribution in [0.4, 0.5) is 5.82 Å². The van der Waals surface area contributed by atoms with Gasteiger partial charge in [-0.3, -0.25) is 4.57 Å². The number of fused-ring (bicyclic) bond motifs is 1. The largest absolute Gasteiger partial charge is 0.394 e. The summed E-state index contributed by atoms with van der Waals surface area (Å²) in [5.74, 6) is 0.575. The van der Waals surface area contributed by atoms with Crippen molar-refractivity contribution < 1.29 is 20.1 Å². The van der Waals surface area contributed by atoms with E-state index < -0.39 is 31.1 Å². The first-order valence-corrected chi connectivity index (χ1v) is 9.25. The second-order valence-corrected chi connectivity index (χ2v) is 6.79. The molecule has 1 aliphatic rings. The number of imidazole rings is 1. The van der Waals surface area contributed by atoms with Crippen LogP contribution in [0.1, 0.15) is 31.2 Å². The molecule has 1 saturated heterocycles. The Morgan fingerprint density at radius 1 is 1.14 bits per heavy atom. The van der Waals surface area contributed by atoms with E-state index >= 15 is 0 Å². The molecule has 9 nitrogen and oxygen atoms in total. The highest BCUT2D eigenvalue weighted by molar-refractivity contribution is 5.83. The Hall–Kier alpha value is -2.59. The summed E-state index contributed by atoms with van der Waals surface area (Å²) in [5.41, 5.74) is 2.14. The normalized spacial score (nSPS) is 25.9. The summed E-state index contributed by atoms with van der Waals surface area (Å²) in [5, 5.41) is 33.0. The number of nitrogens with one attached hydrogen (secondary N) is 1. The van der Waals surface area contributed by atoms with E-state index in [0.29, 0.717) is 17.0 Å². The molecule has 9 heteroatoms. The summed E-state index contributed by atoms with van der Waals surface area (Å²) in [6, 6.07) is 10.1. The molecular formula is C19H23N5O4. The van der Waals surface area contributed by atoms with Crippen LogP contribution in [-0.2, 0) is 4.74 Å². The van der Waals surface area contributed by atoms with Crippen molar-refractivity contribution in [2.24, 2.45) is 0 Å². The molecule has 2 unspecified atom stereocenters. The fourth-order valence-electron chi connectivity index (χ4n) is 3.53. The van der Waals surface area contributed by atoms with Gasteiger partial charge in [0.05, 0.1) is 19.0 Å². The van der Waals surface area contributed by atoms with E-state index in [4.69, 9.17) is 4.74 Å². The molecule has 3 aromatic rings. The van der Waals surface area contributed by atoms with Gasteiger partial charge in [0.25, 0.3) is 0 Å². The minimum absolute atomic E-state index is 0.0540. The molecule has 0 aliphatic carbocycles. The average Bonchev–Trinajstić information content (AvgIpc) is 3.28. The molecule has 0 saturated carbocycles. The van der Waals surface area contributed by atoms with Crippen molar-refractivity contribution in [3.63, 3.8) is 0 Å². The Balaban J connectivity index is 1.66. The number of hydrogen-bond acceptors (Lipinski definition) is 8. The summed E-state index contributed by atoms with van der Waals surface area (Å²) in [7, 11) is 0. The molecule has 1 aliphatic heterocycles. The monoisotopic (exact) mass is 385 g/mol. The third-order valence-corrected chi connectivity index (χ3v) is 5.07. The predicted molar refractivity (Wildman–Crippen MR) is 101 cm³/mol. The Morgan fingerprint density at radius 3 is 2.61 bits per heavy atom. The highest BCUT2D eigenvalue weighted by Crippen LogP contribution is 2.32. The molecule has 1 fully saturated rings. The lowest BCUT2D eigenvalue weighted by molar-refractivity contribution is -0.0511. The average molecular weight is 385 g/mol. The van der Waals surface area contributed by atoms with Crippen LogP contribution in [-0.4, -0.2) is 59.8 Å². The number of ether oxygens (including phenoxy) is 1. The topological polar surface area (TPSA) is 126 Å². The lowest BCUT2D eigenvalue weighted by Crippen LogP contribution is -2.33. The van der Waals surface area contributed by atoms with Gasteiger partial charge in [-0.15, -0.1) is 0 Å². The van der Waals surface area contributed by atoms with Crippen LogP contribution in [0, 0.1) is 0 Å². The molecule has 2 aromatic heterocycles. The van der Waals surface area contributed by atoms with E-state index in [-0.39, 0.29) is 6.04 Å². The standard InChI is InChI=1S/C19H23N5O4/c1-2-12(11-6-4-3-5-7-11)23-17-14-18(21-9-20-17)24(10-22-14)19-16(27)15(26)13(8-25)28-19/h3-7,9-10,12-13,15-16,19,25-27H,2,8H2,1H3,(H,20,21,23)/t12-,13-,15?,16?,19-/m1/s1. The van der Waals surface area contributed by atoms with Gasteiger partial charge in [0.2, 0.25) is 0 Å². The molecule has 0 radical (unpaired) electrons. The van der Waals surface area contributed by atoms with Gasteiger partial charge in [-0.05, 0) is 12.0 Å². The molecule has 0 bridgehead atoms. The van der Waals surface area contributed by atoms with Crippen LogP contribution in [0.2, 0.25) is 0 Å². The van der Waals surface area contributed by atoms with Crippen molar-refractivity contribution in [3.8, 4) is 0 Å². The Bertz CT molecular complexity index is 934. The number of aliphatic hydroxyl groups is 3. The van der Waals surface area contributed by atoms with Crippen LogP contribution in [0.25, 0.3) is 11.2 Å². The van der Waals surface area contributed by atoms with E-state index in [2.05, 4.69) is 39.3 Å². The number of hydrogen-bond donors (Lipinski definition) is 4. The van der Waals surface area contributed by atoms with Crippen molar-refractivity contribution in [2.75, 3.05) is 11.9 Å². The molecule has 0 amide bonds. The zero-order chi connectivity index (χ0) is 19.7. The Morgan fingerprint density at radius 2 is 1.93 bits per heavy atom. The number of aromatic nitrogens is 4. The molecule has 148 valence electrons. The highest BCUT2D eigenvalue weighted by atomic mass is 16.6. The highest BCUT2D eigenvalue weighted by Gasteiger charge is 2.44. The second kappa shape index (κ2) is 7.80. The summed E-state index contributed by atoms with van der Waals surface area (Å²) >= 11 is 0. The third kappa shape index (κ3) is 3.22. The van der Waals surface area contributed by atoms with Crippen molar-refractivity contribution in [1.82, 2.24) is 19.5 Å². The zero-order valence-corrected chi connectivity index (χ0v) is 15.4. The van der Waals surface area contributed by atoms with Crippen molar-refractivity contribution >= 4 is 17.0 Å². The molecule has 3 heterocycles. The van der Waals surface area contributed by atoms with Crippen LogP contribution in [0.3, 0.4) is 0 Å². The van der Waals surface area contributed by atoms with E-state index in [1.54, 1.807) is 4.57 Å². The Kier molecular flexibility index (Phi) is 5.23. The summed E-state index contributed by atoms with van der Waals surface area (Å²) in [6.07, 6.45) is -0.375. The van der Waals surface area contributed by atoms with Gasteiger partial charge in [-0.1, -0.05) is 37.3 Å². The number of anilines is 1. The van der Waals surface area contributed by atoms with Gasteiger partial charge in [0.1, 0.15) is 24.6 Å². The molecule has 5 atom stereocenters. The molecular weight excluding hydrogens is 362 g/mol. The second-order valence-electron chi connectivity index (χ2n) is 6.79. The lowest BCUT2D eigenvalue weighted by Gasteiger charge is -2.19. The van der Waals surface area contributed by atoms with Gasteiger partial charge in [0.15, 0.2) is 23.2 Å². The fraction of sp³-hybridized carbons (Fsp3) is 0.421. The minimum atomic E-state index is -1.20. The van der Waals surface area contributed by atoms with E-state index in [1.807, 2.05) is 18.2 Å². The molecule has 4 rings (SSSR count).